The third kappa shape index (κ3) is 2.25. The van der Waals surface area contributed by atoms with Crippen LogP contribution in [0.2, 0.25) is 0 Å². The lowest BCUT2D eigenvalue weighted by Gasteiger charge is -2.21. The zero-order valence-corrected chi connectivity index (χ0v) is 9.63. The Morgan fingerprint density at radius 1 is 1.44 bits per heavy atom. The first-order valence-corrected chi connectivity index (χ1v) is 5.76. The zero-order valence-electron chi connectivity index (χ0n) is 9.63. The van der Waals surface area contributed by atoms with Crippen LogP contribution in [0, 0.1) is 0 Å². The number of benzene rings is 1. The molecule has 3 heteroatoms. The van der Waals surface area contributed by atoms with E-state index in [0.717, 1.165) is 24.1 Å². The summed E-state index contributed by atoms with van der Waals surface area (Å²) < 4.78 is 19.8. The normalized spacial score (nSPS) is 24.9. The molecule has 1 unspecified atom stereocenters. The average Bonchev–Trinajstić information content (AvgIpc) is 2.75. The van der Waals surface area contributed by atoms with Crippen molar-refractivity contribution in [2.24, 2.45) is 0 Å². The molecule has 16 heavy (non-hydrogen) atoms. The third-order valence-corrected chi connectivity index (χ3v) is 3.12. The fourth-order valence-electron chi connectivity index (χ4n) is 2.19. The summed E-state index contributed by atoms with van der Waals surface area (Å²) in [6.45, 7) is 1.59. The van der Waals surface area contributed by atoms with Gasteiger partial charge in [-0.15, -0.1) is 0 Å². The molecule has 1 heterocycles. The lowest BCUT2D eigenvalue weighted by molar-refractivity contribution is 0.111. The first-order valence-electron chi connectivity index (χ1n) is 5.76. The number of halogens is 1. The standard InChI is InChI=1S/C13H18FNO/c1-15-8-6-11-4-2-3-5-12(11)13(14)7-9-16-10-13/h2-5,15H,6-10H2,1H3. The van der Waals surface area contributed by atoms with E-state index in [4.69, 9.17) is 4.74 Å². The van der Waals surface area contributed by atoms with Crippen molar-refractivity contribution in [3.05, 3.63) is 35.4 Å². The van der Waals surface area contributed by atoms with Crippen LogP contribution >= 0.6 is 0 Å². The molecule has 88 valence electrons. The first-order chi connectivity index (χ1) is 7.76. The first kappa shape index (κ1) is 11.6. The number of likely N-dealkylation sites (N-methyl/N-ethyl adjacent to an activating group) is 1. The van der Waals surface area contributed by atoms with Gasteiger partial charge in [0, 0.05) is 6.42 Å². The van der Waals surface area contributed by atoms with E-state index in [9.17, 15) is 4.39 Å². The van der Waals surface area contributed by atoms with Crippen LogP contribution in [-0.2, 0) is 16.8 Å². The predicted molar refractivity (Wildman–Crippen MR) is 62.3 cm³/mol. The van der Waals surface area contributed by atoms with E-state index < -0.39 is 5.67 Å². The Balaban J connectivity index is 2.24. The summed E-state index contributed by atoms with van der Waals surface area (Å²) in [5.41, 5.74) is 0.622. The van der Waals surface area contributed by atoms with Gasteiger partial charge in [0.05, 0.1) is 13.2 Å². The van der Waals surface area contributed by atoms with Gasteiger partial charge in [0.25, 0.3) is 0 Å². The molecule has 2 nitrogen and oxygen atoms in total. The zero-order chi connectivity index (χ0) is 11.4. The lowest BCUT2D eigenvalue weighted by Crippen LogP contribution is -2.23. The van der Waals surface area contributed by atoms with Crippen LogP contribution in [0.15, 0.2) is 24.3 Å². The molecular formula is C13H18FNO. The third-order valence-electron chi connectivity index (χ3n) is 3.12. The van der Waals surface area contributed by atoms with E-state index in [-0.39, 0.29) is 6.61 Å². The maximum absolute atomic E-state index is 14.6. The SMILES string of the molecule is CNCCc1ccccc1C1(F)CCOC1. The van der Waals surface area contributed by atoms with Gasteiger partial charge in [0.1, 0.15) is 0 Å². The van der Waals surface area contributed by atoms with Crippen LogP contribution in [0.5, 0.6) is 0 Å². The number of hydrogen-bond donors (Lipinski definition) is 1. The Kier molecular flexibility index (Phi) is 3.56. The molecule has 1 saturated heterocycles. The second kappa shape index (κ2) is 4.93. The fourth-order valence-corrected chi connectivity index (χ4v) is 2.19. The average molecular weight is 223 g/mol. The quantitative estimate of drug-likeness (QED) is 0.843. The van der Waals surface area contributed by atoms with Crippen LogP contribution in [-0.4, -0.2) is 26.8 Å². The monoisotopic (exact) mass is 223 g/mol. The van der Waals surface area contributed by atoms with Crippen LogP contribution < -0.4 is 5.32 Å². The lowest BCUT2D eigenvalue weighted by atomic mass is 9.89. The molecule has 1 aliphatic heterocycles. The highest BCUT2D eigenvalue weighted by atomic mass is 19.1. The van der Waals surface area contributed by atoms with Crippen molar-refractivity contribution < 1.29 is 9.13 Å². The molecule has 0 amide bonds. The number of rotatable bonds is 4. The smallest absolute Gasteiger partial charge is 0.161 e. The van der Waals surface area contributed by atoms with E-state index >= 15 is 0 Å². The van der Waals surface area contributed by atoms with Gasteiger partial charge in [-0.3, -0.25) is 0 Å². The van der Waals surface area contributed by atoms with E-state index in [1.165, 1.54) is 0 Å². The summed E-state index contributed by atoms with van der Waals surface area (Å²) in [4.78, 5) is 0. The number of ether oxygens (including phenoxy) is 1. The molecule has 0 saturated carbocycles. The summed E-state index contributed by atoms with van der Waals surface area (Å²) in [6, 6.07) is 7.76. The summed E-state index contributed by atoms with van der Waals surface area (Å²) in [5.74, 6) is 0. The molecule has 1 N–H and O–H groups in total. The van der Waals surface area contributed by atoms with Crippen molar-refractivity contribution in [3.8, 4) is 0 Å². The minimum absolute atomic E-state index is 0.198. The van der Waals surface area contributed by atoms with Gasteiger partial charge in [0.15, 0.2) is 5.67 Å². The van der Waals surface area contributed by atoms with Crippen molar-refractivity contribution in [2.45, 2.75) is 18.5 Å². The van der Waals surface area contributed by atoms with Gasteiger partial charge >= 0.3 is 0 Å². The molecule has 0 radical (unpaired) electrons. The van der Waals surface area contributed by atoms with Crippen LogP contribution in [0.1, 0.15) is 17.5 Å². The second-order valence-electron chi connectivity index (χ2n) is 4.28. The Morgan fingerprint density at radius 2 is 2.25 bits per heavy atom. The number of nitrogens with one attached hydrogen (secondary N) is 1. The van der Waals surface area contributed by atoms with Gasteiger partial charge in [-0.2, -0.15) is 0 Å². The van der Waals surface area contributed by atoms with E-state index in [1.54, 1.807) is 0 Å². The second-order valence-corrected chi connectivity index (χ2v) is 4.28. The van der Waals surface area contributed by atoms with Crippen molar-refractivity contribution in [1.82, 2.24) is 5.32 Å². The summed E-state index contributed by atoms with van der Waals surface area (Å²) in [5, 5.41) is 3.09. The Hall–Kier alpha value is -0.930. The van der Waals surface area contributed by atoms with Gasteiger partial charge in [-0.25, -0.2) is 4.39 Å². The highest BCUT2D eigenvalue weighted by Gasteiger charge is 2.37. The molecule has 1 fully saturated rings. The van der Waals surface area contributed by atoms with Crippen molar-refractivity contribution >= 4 is 0 Å². The fraction of sp³-hybridized carbons (Fsp3) is 0.538. The topological polar surface area (TPSA) is 21.3 Å². The van der Waals surface area contributed by atoms with E-state index in [1.807, 2.05) is 31.3 Å². The Labute approximate surface area is 95.8 Å². The van der Waals surface area contributed by atoms with Crippen molar-refractivity contribution in [3.63, 3.8) is 0 Å². The minimum Gasteiger partial charge on any atom is -0.378 e. The van der Waals surface area contributed by atoms with Gasteiger partial charge < -0.3 is 10.1 Å². The summed E-state index contributed by atoms with van der Waals surface area (Å²) in [7, 11) is 1.91. The molecule has 0 bridgehead atoms. The van der Waals surface area contributed by atoms with Gasteiger partial charge in [0.2, 0.25) is 0 Å². The molecule has 0 aromatic heterocycles. The van der Waals surface area contributed by atoms with E-state index in [2.05, 4.69) is 5.32 Å². The highest BCUT2D eigenvalue weighted by molar-refractivity contribution is 5.33. The Bertz CT molecular complexity index is 348. The Morgan fingerprint density at radius 3 is 2.94 bits per heavy atom. The molecule has 1 atom stereocenters. The van der Waals surface area contributed by atoms with E-state index in [0.29, 0.717) is 13.0 Å². The van der Waals surface area contributed by atoms with Gasteiger partial charge in [-0.1, -0.05) is 24.3 Å². The summed E-state index contributed by atoms with van der Waals surface area (Å²) >= 11 is 0. The highest BCUT2D eigenvalue weighted by Crippen LogP contribution is 2.36. The van der Waals surface area contributed by atoms with Crippen LogP contribution in [0.25, 0.3) is 0 Å². The molecule has 0 aliphatic carbocycles. The van der Waals surface area contributed by atoms with Gasteiger partial charge in [-0.05, 0) is 31.1 Å². The maximum Gasteiger partial charge on any atom is 0.161 e. The molecular weight excluding hydrogens is 205 g/mol. The predicted octanol–water partition coefficient (Wildman–Crippen LogP) is 2.03. The van der Waals surface area contributed by atoms with Crippen molar-refractivity contribution in [1.29, 1.82) is 0 Å². The molecule has 0 spiro atoms. The largest absolute Gasteiger partial charge is 0.378 e. The number of alkyl halides is 1. The number of hydrogen-bond acceptors (Lipinski definition) is 2. The molecule has 1 aromatic rings. The molecule has 2 rings (SSSR count). The summed E-state index contributed by atoms with van der Waals surface area (Å²) in [6.07, 6.45) is 1.34. The van der Waals surface area contributed by atoms with Crippen molar-refractivity contribution in [2.75, 3.05) is 26.8 Å². The van der Waals surface area contributed by atoms with Crippen LogP contribution in [0.3, 0.4) is 0 Å². The molecule has 1 aliphatic rings. The molecule has 1 aromatic carbocycles. The minimum atomic E-state index is -1.27. The maximum atomic E-state index is 14.6. The van der Waals surface area contributed by atoms with Crippen LogP contribution in [0.4, 0.5) is 4.39 Å².